The number of carbonyl (C=O) groups is 2. The number of benzene rings is 1. The zero-order chi connectivity index (χ0) is 16.0. The summed E-state index contributed by atoms with van der Waals surface area (Å²) in [6.45, 7) is 3.53. The fourth-order valence-electron chi connectivity index (χ4n) is 1.57. The maximum atomic E-state index is 12.0. The summed E-state index contributed by atoms with van der Waals surface area (Å²) < 4.78 is 26.2. The first kappa shape index (κ1) is 17.1. The molecule has 1 rings (SSSR count). The Balaban J connectivity index is 2.86. The molecule has 21 heavy (non-hydrogen) atoms. The van der Waals surface area contributed by atoms with Crippen molar-refractivity contribution in [2.75, 3.05) is 13.1 Å². The molecule has 0 heterocycles. The lowest BCUT2D eigenvalue weighted by molar-refractivity contribution is -0.119. The first-order valence-corrected chi connectivity index (χ1v) is 7.86. The minimum absolute atomic E-state index is 0.0895. The Morgan fingerprint density at radius 3 is 2.52 bits per heavy atom. The number of nitrogens with one attached hydrogen (secondary N) is 2. The second-order valence-electron chi connectivity index (χ2n) is 4.46. The van der Waals surface area contributed by atoms with E-state index in [0.717, 1.165) is 12.5 Å². The van der Waals surface area contributed by atoms with E-state index >= 15 is 0 Å². The van der Waals surface area contributed by atoms with E-state index in [1.165, 1.54) is 12.1 Å². The number of carboxylic acids is 1. The summed E-state index contributed by atoms with van der Waals surface area (Å²) in [6.07, 6.45) is 0.748. The Morgan fingerprint density at radius 1 is 1.29 bits per heavy atom. The van der Waals surface area contributed by atoms with E-state index in [-0.39, 0.29) is 10.5 Å². The van der Waals surface area contributed by atoms with Crippen molar-refractivity contribution in [1.29, 1.82) is 0 Å². The number of hydrogen-bond donors (Lipinski definition) is 3. The number of aromatic carboxylic acids is 1. The molecule has 0 aromatic heterocycles. The van der Waals surface area contributed by atoms with Gasteiger partial charge in [0.2, 0.25) is 15.9 Å². The van der Waals surface area contributed by atoms with Crippen LogP contribution < -0.4 is 10.0 Å². The molecule has 7 nitrogen and oxygen atoms in total. The summed E-state index contributed by atoms with van der Waals surface area (Å²) in [7, 11) is -3.93. The van der Waals surface area contributed by atoms with E-state index in [9.17, 15) is 18.0 Å². The molecule has 1 amide bonds. The van der Waals surface area contributed by atoms with E-state index in [4.69, 9.17) is 5.11 Å². The van der Waals surface area contributed by atoms with Crippen LogP contribution in [0.4, 0.5) is 0 Å². The highest BCUT2D eigenvalue weighted by Gasteiger charge is 2.18. The molecule has 0 unspecified atom stereocenters. The van der Waals surface area contributed by atoms with Crippen LogP contribution in [-0.2, 0) is 14.8 Å². The zero-order valence-corrected chi connectivity index (χ0v) is 12.7. The highest BCUT2D eigenvalue weighted by molar-refractivity contribution is 7.89. The number of aryl methyl sites for hydroxylation is 1. The van der Waals surface area contributed by atoms with Crippen molar-refractivity contribution in [3.8, 4) is 0 Å². The fraction of sp³-hybridized carbons (Fsp3) is 0.385. The number of amides is 1. The molecule has 116 valence electrons. The van der Waals surface area contributed by atoms with Crippen LogP contribution in [0.1, 0.15) is 29.3 Å². The molecule has 0 aliphatic carbocycles. The predicted octanol–water partition coefficient (Wildman–Crippen LogP) is 0.498. The summed E-state index contributed by atoms with van der Waals surface area (Å²) in [5.41, 5.74) is 0.371. The van der Waals surface area contributed by atoms with Gasteiger partial charge in [0.1, 0.15) is 0 Å². The van der Waals surface area contributed by atoms with Gasteiger partial charge in [-0.3, -0.25) is 4.79 Å². The van der Waals surface area contributed by atoms with E-state index < -0.39 is 28.4 Å². The third kappa shape index (κ3) is 4.83. The van der Waals surface area contributed by atoms with Gasteiger partial charge < -0.3 is 10.4 Å². The smallest absolute Gasteiger partial charge is 0.335 e. The highest BCUT2D eigenvalue weighted by atomic mass is 32.2. The summed E-state index contributed by atoms with van der Waals surface area (Å²) in [4.78, 5) is 22.2. The van der Waals surface area contributed by atoms with Gasteiger partial charge in [-0.1, -0.05) is 13.0 Å². The lowest BCUT2D eigenvalue weighted by Gasteiger charge is -2.09. The molecule has 0 saturated carbocycles. The minimum atomic E-state index is -3.93. The molecule has 1 aromatic carbocycles. The van der Waals surface area contributed by atoms with Crippen LogP contribution in [0, 0.1) is 6.92 Å². The summed E-state index contributed by atoms with van der Waals surface area (Å²) >= 11 is 0. The van der Waals surface area contributed by atoms with Crippen LogP contribution in [0.15, 0.2) is 23.1 Å². The van der Waals surface area contributed by atoms with Crippen LogP contribution >= 0.6 is 0 Å². The zero-order valence-electron chi connectivity index (χ0n) is 11.8. The Labute approximate surface area is 123 Å². The standard InChI is InChI=1S/C13H18N2O5S/c1-3-6-14-12(16)8-15-21(19,20)10-5-4-9(2)11(7-10)13(17)18/h4-5,7,15H,3,6,8H2,1-2H3,(H,14,16)(H,17,18). The third-order valence-corrected chi connectivity index (χ3v) is 4.14. The highest BCUT2D eigenvalue weighted by Crippen LogP contribution is 2.15. The van der Waals surface area contributed by atoms with Crippen LogP contribution in [0.2, 0.25) is 0 Å². The Hall–Kier alpha value is -1.93. The van der Waals surface area contributed by atoms with Gasteiger partial charge in [-0.2, -0.15) is 0 Å². The molecule has 0 saturated heterocycles. The second kappa shape index (κ2) is 7.19. The second-order valence-corrected chi connectivity index (χ2v) is 6.22. The van der Waals surface area contributed by atoms with Gasteiger partial charge in [0, 0.05) is 6.54 Å². The fourth-order valence-corrected chi connectivity index (χ4v) is 2.58. The Bertz CT molecular complexity index is 640. The maximum Gasteiger partial charge on any atom is 0.335 e. The summed E-state index contributed by atoms with van der Waals surface area (Å²) in [5, 5.41) is 11.5. The van der Waals surface area contributed by atoms with Gasteiger partial charge in [-0.05, 0) is 31.0 Å². The van der Waals surface area contributed by atoms with Crippen molar-refractivity contribution in [3.63, 3.8) is 0 Å². The Morgan fingerprint density at radius 2 is 1.95 bits per heavy atom. The van der Waals surface area contributed by atoms with Crippen LogP contribution in [0.25, 0.3) is 0 Å². The van der Waals surface area contributed by atoms with Crippen molar-refractivity contribution in [1.82, 2.24) is 10.0 Å². The van der Waals surface area contributed by atoms with Crippen molar-refractivity contribution in [2.24, 2.45) is 0 Å². The SMILES string of the molecule is CCCNC(=O)CNS(=O)(=O)c1ccc(C)c(C(=O)O)c1. The lowest BCUT2D eigenvalue weighted by atomic mass is 10.1. The maximum absolute atomic E-state index is 12.0. The van der Waals surface area contributed by atoms with Crippen molar-refractivity contribution in [3.05, 3.63) is 29.3 Å². The van der Waals surface area contributed by atoms with E-state index in [0.29, 0.717) is 12.1 Å². The van der Waals surface area contributed by atoms with E-state index in [1.807, 2.05) is 6.92 Å². The first-order chi connectivity index (χ1) is 9.77. The number of hydrogen-bond acceptors (Lipinski definition) is 4. The molecule has 0 spiro atoms. The van der Waals surface area contributed by atoms with E-state index in [1.54, 1.807) is 6.92 Å². The number of rotatable bonds is 7. The Kier molecular flexibility index (Phi) is 5.86. The van der Waals surface area contributed by atoms with Crippen LogP contribution in [-0.4, -0.2) is 38.5 Å². The molecule has 8 heteroatoms. The molecule has 0 bridgehead atoms. The predicted molar refractivity (Wildman–Crippen MR) is 76.6 cm³/mol. The number of carboxylic acid groups (broad SMARTS) is 1. The summed E-state index contributed by atoms with van der Waals surface area (Å²) in [5.74, 6) is -1.64. The molecule has 0 atom stereocenters. The molecular formula is C13H18N2O5S. The van der Waals surface area contributed by atoms with E-state index in [2.05, 4.69) is 10.0 Å². The topological polar surface area (TPSA) is 113 Å². The van der Waals surface area contributed by atoms with Gasteiger partial charge in [-0.25, -0.2) is 17.9 Å². The average molecular weight is 314 g/mol. The van der Waals surface area contributed by atoms with Gasteiger partial charge in [-0.15, -0.1) is 0 Å². The average Bonchev–Trinajstić information content (AvgIpc) is 2.42. The largest absolute Gasteiger partial charge is 0.478 e. The molecule has 0 aliphatic heterocycles. The molecule has 0 aliphatic rings. The van der Waals surface area contributed by atoms with Gasteiger partial charge in [0.05, 0.1) is 17.0 Å². The minimum Gasteiger partial charge on any atom is -0.478 e. The van der Waals surface area contributed by atoms with Crippen molar-refractivity contribution in [2.45, 2.75) is 25.2 Å². The quantitative estimate of drug-likeness (QED) is 0.678. The normalized spacial score (nSPS) is 11.1. The third-order valence-electron chi connectivity index (χ3n) is 2.74. The number of carbonyl (C=O) groups excluding carboxylic acids is 1. The molecule has 1 aromatic rings. The molecule has 0 radical (unpaired) electrons. The number of sulfonamides is 1. The molecular weight excluding hydrogens is 296 g/mol. The van der Waals surface area contributed by atoms with Crippen LogP contribution in [0.5, 0.6) is 0 Å². The van der Waals surface area contributed by atoms with Crippen LogP contribution in [0.3, 0.4) is 0 Å². The lowest BCUT2D eigenvalue weighted by Crippen LogP contribution is -2.37. The van der Waals surface area contributed by atoms with Gasteiger partial charge in [0.25, 0.3) is 0 Å². The molecule has 0 fully saturated rings. The van der Waals surface area contributed by atoms with Crippen molar-refractivity contribution < 1.29 is 23.1 Å². The van der Waals surface area contributed by atoms with Crippen molar-refractivity contribution >= 4 is 21.9 Å². The van der Waals surface area contributed by atoms with Gasteiger partial charge in [0.15, 0.2) is 0 Å². The summed E-state index contributed by atoms with van der Waals surface area (Å²) in [6, 6.07) is 3.78. The monoisotopic (exact) mass is 314 g/mol. The van der Waals surface area contributed by atoms with Gasteiger partial charge >= 0.3 is 5.97 Å². The first-order valence-electron chi connectivity index (χ1n) is 6.38. The molecule has 3 N–H and O–H groups in total.